The van der Waals surface area contributed by atoms with Crippen LogP contribution in [0.5, 0.6) is 0 Å². The lowest BCUT2D eigenvalue weighted by molar-refractivity contribution is 0.465. The van der Waals surface area contributed by atoms with E-state index in [-0.39, 0.29) is 0 Å². The van der Waals surface area contributed by atoms with Crippen molar-refractivity contribution in [2.75, 3.05) is 0 Å². The summed E-state index contributed by atoms with van der Waals surface area (Å²) in [6, 6.07) is 15.5. The molecule has 2 aromatic rings. The third-order valence-corrected chi connectivity index (χ3v) is 4.77. The van der Waals surface area contributed by atoms with Gasteiger partial charge < -0.3 is 5.32 Å². The highest BCUT2D eigenvalue weighted by Gasteiger charge is 2.23. The number of hydrogen-bond acceptors (Lipinski definition) is 1. The second kappa shape index (κ2) is 5.88. The van der Waals surface area contributed by atoms with Gasteiger partial charge in [-0.1, -0.05) is 45.7 Å². The number of rotatable bonds is 3. The largest absolute Gasteiger partial charge is 0.303 e. The lowest BCUT2D eigenvalue weighted by Gasteiger charge is -2.21. The minimum Gasteiger partial charge on any atom is -0.303 e. The second-order valence-electron chi connectivity index (χ2n) is 5.37. The molecule has 0 aliphatic heterocycles. The monoisotopic (exact) mass is 349 g/mol. The van der Waals surface area contributed by atoms with E-state index >= 15 is 0 Å². The van der Waals surface area contributed by atoms with E-state index in [0.29, 0.717) is 12.1 Å². The van der Waals surface area contributed by atoms with Gasteiger partial charge in [0.25, 0.3) is 0 Å². The lowest BCUT2D eigenvalue weighted by Crippen LogP contribution is -2.22. The van der Waals surface area contributed by atoms with Gasteiger partial charge in [-0.3, -0.25) is 0 Å². The highest BCUT2D eigenvalue weighted by atomic mass is 79.9. The molecule has 0 heterocycles. The minimum atomic E-state index is 0.342. The summed E-state index contributed by atoms with van der Waals surface area (Å²) in [5.41, 5.74) is 4.10. The normalized spacial score (nSPS) is 18.9. The van der Waals surface area contributed by atoms with Gasteiger partial charge in [0.05, 0.1) is 0 Å². The van der Waals surface area contributed by atoms with E-state index < -0.39 is 0 Å². The zero-order valence-electron chi connectivity index (χ0n) is 11.4. The number of fused-ring (bicyclic) bond motifs is 1. The Morgan fingerprint density at radius 3 is 2.70 bits per heavy atom. The molecular weight excluding hydrogens is 334 g/mol. The molecule has 1 N–H and O–H groups in total. The zero-order chi connectivity index (χ0) is 14.1. The Hall–Kier alpha value is -0.830. The van der Waals surface area contributed by atoms with Crippen LogP contribution >= 0.6 is 27.5 Å². The van der Waals surface area contributed by atoms with Gasteiger partial charge in [-0.15, -0.1) is 0 Å². The van der Waals surface area contributed by atoms with Crippen LogP contribution in [-0.2, 0) is 6.42 Å². The third kappa shape index (κ3) is 2.93. The van der Waals surface area contributed by atoms with Gasteiger partial charge in [-0.05, 0) is 60.7 Å². The van der Waals surface area contributed by atoms with Crippen molar-refractivity contribution in [3.63, 3.8) is 0 Å². The SMILES string of the molecule is C[C@H](NC1CCc2cc(Cl)ccc21)c1ccc(Br)cc1. The van der Waals surface area contributed by atoms with E-state index in [2.05, 4.69) is 64.6 Å². The zero-order valence-corrected chi connectivity index (χ0v) is 13.7. The fourth-order valence-corrected chi connectivity index (χ4v) is 3.37. The van der Waals surface area contributed by atoms with Crippen LogP contribution < -0.4 is 5.32 Å². The van der Waals surface area contributed by atoms with E-state index in [1.807, 2.05) is 6.07 Å². The Labute approximate surface area is 133 Å². The molecule has 0 aromatic heterocycles. The van der Waals surface area contributed by atoms with Gasteiger partial charge >= 0.3 is 0 Å². The summed E-state index contributed by atoms with van der Waals surface area (Å²) in [5.74, 6) is 0. The van der Waals surface area contributed by atoms with Crippen molar-refractivity contribution < 1.29 is 0 Å². The van der Waals surface area contributed by atoms with Crippen LogP contribution in [0.3, 0.4) is 0 Å². The van der Waals surface area contributed by atoms with Crippen molar-refractivity contribution >= 4 is 27.5 Å². The van der Waals surface area contributed by atoms with E-state index in [1.54, 1.807) is 0 Å². The van der Waals surface area contributed by atoms with Crippen molar-refractivity contribution in [2.45, 2.75) is 31.8 Å². The first-order valence-corrected chi connectivity index (χ1v) is 8.10. The van der Waals surface area contributed by atoms with Crippen molar-refractivity contribution in [2.24, 2.45) is 0 Å². The highest BCUT2D eigenvalue weighted by Crippen LogP contribution is 2.34. The summed E-state index contributed by atoms with van der Waals surface area (Å²) in [4.78, 5) is 0. The van der Waals surface area contributed by atoms with Gasteiger partial charge in [-0.2, -0.15) is 0 Å². The summed E-state index contributed by atoms with van der Waals surface area (Å²) in [5, 5.41) is 4.57. The first-order chi connectivity index (χ1) is 9.63. The van der Waals surface area contributed by atoms with Gasteiger partial charge in [0, 0.05) is 21.6 Å². The van der Waals surface area contributed by atoms with E-state index in [4.69, 9.17) is 11.6 Å². The van der Waals surface area contributed by atoms with E-state index in [1.165, 1.54) is 16.7 Å². The molecule has 104 valence electrons. The van der Waals surface area contributed by atoms with Crippen LogP contribution in [0.15, 0.2) is 46.9 Å². The van der Waals surface area contributed by atoms with Gasteiger partial charge in [0.1, 0.15) is 0 Å². The van der Waals surface area contributed by atoms with Crippen molar-refractivity contribution in [3.8, 4) is 0 Å². The molecule has 2 aromatic carbocycles. The molecule has 0 fully saturated rings. The van der Waals surface area contributed by atoms with Crippen LogP contribution in [0.2, 0.25) is 5.02 Å². The van der Waals surface area contributed by atoms with Crippen molar-refractivity contribution in [3.05, 3.63) is 68.7 Å². The molecule has 1 aliphatic rings. The van der Waals surface area contributed by atoms with Gasteiger partial charge in [0.2, 0.25) is 0 Å². The topological polar surface area (TPSA) is 12.0 Å². The number of benzene rings is 2. The molecule has 0 spiro atoms. The number of hydrogen-bond donors (Lipinski definition) is 1. The lowest BCUT2D eigenvalue weighted by atomic mass is 10.0. The molecular formula is C17H17BrClN. The predicted octanol–water partition coefficient (Wildman–Crippen LogP) is 5.44. The van der Waals surface area contributed by atoms with Crippen molar-refractivity contribution in [1.82, 2.24) is 5.32 Å². The molecule has 0 saturated heterocycles. The summed E-state index contributed by atoms with van der Waals surface area (Å²) < 4.78 is 1.12. The number of halogens is 2. The maximum Gasteiger partial charge on any atom is 0.0408 e. The smallest absolute Gasteiger partial charge is 0.0408 e. The molecule has 0 saturated carbocycles. The van der Waals surface area contributed by atoms with Gasteiger partial charge in [0.15, 0.2) is 0 Å². The Morgan fingerprint density at radius 2 is 1.95 bits per heavy atom. The van der Waals surface area contributed by atoms with Crippen LogP contribution in [0.4, 0.5) is 0 Å². The molecule has 3 heteroatoms. The van der Waals surface area contributed by atoms with E-state index in [0.717, 1.165) is 22.3 Å². The maximum absolute atomic E-state index is 6.06. The first-order valence-electron chi connectivity index (χ1n) is 6.93. The molecule has 3 rings (SSSR count). The van der Waals surface area contributed by atoms with Crippen LogP contribution in [0, 0.1) is 0 Å². The Balaban J connectivity index is 1.75. The van der Waals surface area contributed by atoms with Crippen LogP contribution in [0.1, 0.15) is 42.1 Å². The predicted molar refractivity (Wildman–Crippen MR) is 88.2 cm³/mol. The third-order valence-electron chi connectivity index (χ3n) is 4.00. The van der Waals surface area contributed by atoms with Crippen LogP contribution in [0.25, 0.3) is 0 Å². The summed E-state index contributed by atoms with van der Waals surface area (Å²) >= 11 is 9.54. The van der Waals surface area contributed by atoms with Gasteiger partial charge in [-0.25, -0.2) is 0 Å². The molecule has 1 nitrogen and oxygen atoms in total. The van der Waals surface area contributed by atoms with E-state index in [9.17, 15) is 0 Å². The molecule has 20 heavy (non-hydrogen) atoms. The minimum absolute atomic E-state index is 0.342. The standard InChI is InChI=1S/C17H17BrClN/c1-11(12-2-5-14(18)6-3-12)20-17-9-4-13-10-15(19)7-8-16(13)17/h2-3,5-8,10-11,17,20H,4,9H2,1H3/t11-,17?/m0/s1. The average molecular weight is 351 g/mol. The Bertz CT molecular complexity index is 609. The fraction of sp³-hybridized carbons (Fsp3) is 0.294. The summed E-state index contributed by atoms with van der Waals surface area (Å²) in [7, 11) is 0. The van der Waals surface area contributed by atoms with Crippen LogP contribution in [-0.4, -0.2) is 0 Å². The Kier molecular flexibility index (Phi) is 4.16. The summed E-state index contributed by atoms with van der Waals surface area (Å²) in [6.07, 6.45) is 2.26. The highest BCUT2D eigenvalue weighted by molar-refractivity contribution is 9.10. The maximum atomic E-state index is 6.06. The molecule has 0 bridgehead atoms. The molecule has 2 atom stereocenters. The quantitative estimate of drug-likeness (QED) is 0.777. The molecule has 0 radical (unpaired) electrons. The summed E-state index contributed by atoms with van der Waals surface area (Å²) in [6.45, 7) is 2.22. The molecule has 1 unspecified atom stereocenters. The second-order valence-corrected chi connectivity index (χ2v) is 6.73. The first kappa shape index (κ1) is 14.1. The fourth-order valence-electron chi connectivity index (χ4n) is 2.91. The van der Waals surface area contributed by atoms with Crippen molar-refractivity contribution in [1.29, 1.82) is 0 Å². The number of aryl methyl sites for hydroxylation is 1. The number of nitrogens with one attached hydrogen (secondary N) is 1. The molecule has 1 aliphatic carbocycles. The Morgan fingerprint density at radius 1 is 1.20 bits per heavy atom. The molecule has 0 amide bonds. The average Bonchev–Trinajstić information content (AvgIpc) is 2.81.